The van der Waals surface area contributed by atoms with Crippen LogP contribution in [0, 0.1) is 10.1 Å². The van der Waals surface area contributed by atoms with Gasteiger partial charge in [0.25, 0.3) is 0 Å². The molecule has 0 bridgehead atoms. The topological polar surface area (TPSA) is 46.4 Å². The van der Waals surface area contributed by atoms with Gasteiger partial charge in [-0.05, 0) is 0 Å². The van der Waals surface area contributed by atoms with Crippen molar-refractivity contribution < 1.29 is 4.92 Å². The summed E-state index contributed by atoms with van der Waals surface area (Å²) in [6.07, 6.45) is 0. The van der Waals surface area contributed by atoms with Gasteiger partial charge in [-0.1, -0.05) is 0 Å². The summed E-state index contributed by atoms with van der Waals surface area (Å²) in [5.74, 6) is 0. The Bertz CT molecular complexity index is 582. The molecule has 0 N–H and O–H groups in total. The second kappa shape index (κ2) is 6.05. The number of nitro groups is 1. The molecule has 5 heteroatoms. The first-order valence-corrected chi connectivity index (χ1v) is 8.09. The number of benzene rings is 2. The summed E-state index contributed by atoms with van der Waals surface area (Å²) in [5, 5.41) is 10.7. The number of nitrogens with zero attached hydrogens (tertiary/aromatic N) is 2. The Hall–Kier alpha value is -1.57. The Morgan fingerprint density at radius 1 is 1.05 bits per heavy atom. The number of non-ortho nitro benzene ring substituents is 1. The maximum absolute atomic E-state index is 10.7. The van der Waals surface area contributed by atoms with Crippen molar-refractivity contribution >= 4 is 39.5 Å². The average molecular weight is 370 g/mol. The molecule has 0 amide bonds. The van der Waals surface area contributed by atoms with Gasteiger partial charge < -0.3 is 0 Å². The van der Waals surface area contributed by atoms with Gasteiger partial charge >= 0.3 is 122 Å². The second-order valence-electron chi connectivity index (χ2n) is 4.24. The van der Waals surface area contributed by atoms with Gasteiger partial charge in [-0.2, -0.15) is 0 Å². The molecule has 98 valence electrons. The molecule has 0 atom stereocenters. The van der Waals surface area contributed by atoms with Gasteiger partial charge in [0.1, 0.15) is 0 Å². The fraction of sp³-hybridized carbons (Fsp3) is 0.143. The molecule has 0 saturated carbocycles. The summed E-state index contributed by atoms with van der Waals surface area (Å²) in [7, 11) is 4.01. The molecule has 19 heavy (non-hydrogen) atoms. The zero-order chi connectivity index (χ0) is 13.8. The molecule has 0 spiro atoms. The SMILES string of the molecule is CN(C)c1ccc([Te]c2cccc([N+](=O)[O-])c2)cc1. The van der Waals surface area contributed by atoms with Crippen molar-refractivity contribution in [3.8, 4) is 0 Å². The van der Waals surface area contributed by atoms with Crippen LogP contribution < -0.4 is 12.1 Å². The zero-order valence-electron chi connectivity index (χ0n) is 10.7. The number of hydrogen-bond donors (Lipinski definition) is 0. The van der Waals surface area contributed by atoms with E-state index in [0.717, 1.165) is 9.30 Å². The molecule has 0 saturated heterocycles. The van der Waals surface area contributed by atoms with Crippen LogP contribution in [0.5, 0.6) is 0 Å². The van der Waals surface area contributed by atoms with E-state index in [2.05, 4.69) is 29.2 Å². The van der Waals surface area contributed by atoms with Crippen molar-refractivity contribution in [3.63, 3.8) is 0 Å². The van der Waals surface area contributed by atoms with Crippen molar-refractivity contribution in [3.05, 3.63) is 58.6 Å². The van der Waals surface area contributed by atoms with Crippen LogP contribution in [0.25, 0.3) is 0 Å². The van der Waals surface area contributed by atoms with E-state index < -0.39 is 20.9 Å². The molecular formula is C14H14N2O2Te. The van der Waals surface area contributed by atoms with Crippen LogP contribution in [0.1, 0.15) is 0 Å². The van der Waals surface area contributed by atoms with Gasteiger partial charge in [-0.3, -0.25) is 0 Å². The van der Waals surface area contributed by atoms with Crippen molar-refractivity contribution in [2.45, 2.75) is 0 Å². The van der Waals surface area contributed by atoms with E-state index in [4.69, 9.17) is 0 Å². The maximum atomic E-state index is 10.7. The van der Waals surface area contributed by atoms with E-state index >= 15 is 0 Å². The molecule has 0 aliphatic rings. The Kier molecular flexibility index (Phi) is 4.41. The molecule has 2 rings (SSSR count). The summed E-state index contributed by atoms with van der Waals surface area (Å²) < 4.78 is 2.36. The van der Waals surface area contributed by atoms with Crippen LogP contribution in [0.2, 0.25) is 0 Å². The first kappa shape index (κ1) is 13.9. The van der Waals surface area contributed by atoms with E-state index in [0.29, 0.717) is 0 Å². The van der Waals surface area contributed by atoms with Gasteiger partial charge in [0.15, 0.2) is 0 Å². The third-order valence-corrected chi connectivity index (χ3v) is 5.46. The number of anilines is 1. The minimum atomic E-state index is -0.564. The van der Waals surface area contributed by atoms with Gasteiger partial charge in [0.05, 0.1) is 0 Å². The second-order valence-corrected chi connectivity index (χ2v) is 7.52. The fourth-order valence-corrected chi connectivity index (χ4v) is 4.09. The fourth-order valence-electron chi connectivity index (χ4n) is 1.61. The molecule has 0 aliphatic heterocycles. The number of hydrogen-bond acceptors (Lipinski definition) is 3. The van der Waals surface area contributed by atoms with Crippen molar-refractivity contribution in [1.29, 1.82) is 0 Å². The molecule has 2 aromatic carbocycles. The Morgan fingerprint density at radius 3 is 2.32 bits per heavy atom. The Labute approximate surface area is 122 Å². The Balaban J connectivity index is 2.16. The number of nitro benzene ring substituents is 1. The van der Waals surface area contributed by atoms with Crippen molar-refractivity contribution in [2.24, 2.45) is 0 Å². The van der Waals surface area contributed by atoms with Crippen molar-refractivity contribution in [1.82, 2.24) is 0 Å². The van der Waals surface area contributed by atoms with E-state index in [1.54, 1.807) is 12.1 Å². The minimum absolute atomic E-state index is 0.174. The van der Waals surface area contributed by atoms with E-state index in [1.807, 2.05) is 20.2 Å². The monoisotopic (exact) mass is 372 g/mol. The molecule has 0 fully saturated rings. The van der Waals surface area contributed by atoms with Crippen LogP contribution in [0.4, 0.5) is 11.4 Å². The van der Waals surface area contributed by atoms with E-state index in [9.17, 15) is 10.1 Å². The third-order valence-electron chi connectivity index (χ3n) is 2.62. The molecule has 0 aliphatic carbocycles. The number of rotatable bonds is 4. The van der Waals surface area contributed by atoms with Crippen LogP contribution in [0.3, 0.4) is 0 Å². The molecule has 0 aromatic heterocycles. The third kappa shape index (κ3) is 3.69. The molecular weight excluding hydrogens is 356 g/mol. The predicted octanol–water partition coefficient (Wildman–Crippen LogP) is 1.32. The molecule has 0 radical (unpaired) electrons. The van der Waals surface area contributed by atoms with Crippen LogP contribution in [0.15, 0.2) is 48.5 Å². The standard InChI is InChI=1S/C14H14N2O2Te/c1-15(2)11-6-8-13(9-7-11)19-14-5-3-4-12(10-14)16(17)18/h3-10H,1-2H3. The molecule has 2 aromatic rings. The Morgan fingerprint density at radius 2 is 1.74 bits per heavy atom. The summed E-state index contributed by atoms with van der Waals surface area (Å²) in [6, 6.07) is 15.3. The van der Waals surface area contributed by atoms with Gasteiger partial charge in [-0.15, -0.1) is 0 Å². The summed E-state index contributed by atoms with van der Waals surface area (Å²) >= 11 is -0.564. The quantitative estimate of drug-likeness (QED) is 0.464. The summed E-state index contributed by atoms with van der Waals surface area (Å²) in [6.45, 7) is 0. The van der Waals surface area contributed by atoms with Crippen LogP contribution in [-0.2, 0) is 0 Å². The van der Waals surface area contributed by atoms with Crippen LogP contribution >= 0.6 is 0 Å². The molecule has 0 heterocycles. The zero-order valence-corrected chi connectivity index (χ0v) is 13.1. The van der Waals surface area contributed by atoms with Gasteiger partial charge in [-0.25, -0.2) is 0 Å². The van der Waals surface area contributed by atoms with Crippen molar-refractivity contribution in [2.75, 3.05) is 19.0 Å². The first-order chi connectivity index (χ1) is 9.06. The first-order valence-electron chi connectivity index (χ1n) is 5.76. The van der Waals surface area contributed by atoms with Crippen LogP contribution in [-0.4, -0.2) is 39.9 Å². The van der Waals surface area contributed by atoms with E-state index in [-0.39, 0.29) is 10.6 Å². The normalized spacial score (nSPS) is 10.2. The molecule has 0 unspecified atom stereocenters. The molecule has 4 nitrogen and oxygen atoms in total. The van der Waals surface area contributed by atoms with Gasteiger partial charge in [0.2, 0.25) is 0 Å². The van der Waals surface area contributed by atoms with E-state index in [1.165, 1.54) is 9.68 Å². The predicted molar refractivity (Wildman–Crippen MR) is 78.9 cm³/mol. The average Bonchev–Trinajstić information content (AvgIpc) is 2.39. The summed E-state index contributed by atoms with van der Waals surface area (Å²) in [5.41, 5.74) is 1.34. The van der Waals surface area contributed by atoms with Gasteiger partial charge in [0, 0.05) is 0 Å². The summed E-state index contributed by atoms with van der Waals surface area (Å²) in [4.78, 5) is 12.5.